The van der Waals surface area contributed by atoms with Gasteiger partial charge in [-0.25, -0.2) is 0 Å². The lowest BCUT2D eigenvalue weighted by atomic mass is 10.5. The minimum absolute atomic E-state index is 0.616. The number of hydrogen-bond acceptors (Lipinski definition) is 4. The summed E-state index contributed by atoms with van der Waals surface area (Å²) in [5, 5.41) is 16.3. The standard InChI is InChI=1S/2C3H9NO/c2*1-2-3(4)5/h2*3,5H,2,4H2,1H3/t2*3-/m11/s1. The molecule has 10 heavy (non-hydrogen) atoms. The molecule has 0 aromatic carbocycles. The first-order valence-electron chi connectivity index (χ1n) is 3.41. The molecule has 0 fully saturated rings. The van der Waals surface area contributed by atoms with E-state index in [1.54, 1.807) is 0 Å². The average molecular weight is 150 g/mol. The molecule has 0 saturated heterocycles. The van der Waals surface area contributed by atoms with Crippen LogP contribution in [0.2, 0.25) is 0 Å². The molecule has 4 nitrogen and oxygen atoms in total. The molecule has 64 valence electrons. The minimum Gasteiger partial charge on any atom is -0.379 e. The van der Waals surface area contributed by atoms with E-state index < -0.39 is 12.5 Å². The van der Waals surface area contributed by atoms with Crippen LogP contribution < -0.4 is 11.5 Å². The zero-order chi connectivity index (χ0) is 8.57. The van der Waals surface area contributed by atoms with Crippen molar-refractivity contribution >= 4 is 0 Å². The molecule has 0 heterocycles. The van der Waals surface area contributed by atoms with Crippen molar-refractivity contribution in [3.8, 4) is 0 Å². The molecule has 6 N–H and O–H groups in total. The highest BCUT2D eigenvalue weighted by molar-refractivity contribution is 4.31. The lowest BCUT2D eigenvalue weighted by Crippen LogP contribution is -2.16. The number of nitrogens with two attached hydrogens (primary N) is 2. The van der Waals surface area contributed by atoms with Gasteiger partial charge in [-0.2, -0.15) is 0 Å². The third-order valence-corrected chi connectivity index (χ3v) is 0.837. The summed E-state index contributed by atoms with van der Waals surface area (Å²) in [4.78, 5) is 0. The minimum atomic E-state index is -0.616. The van der Waals surface area contributed by atoms with Crippen LogP contribution in [0.4, 0.5) is 0 Å². The predicted molar refractivity (Wildman–Crippen MR) is 41.0 cm³/mol. The summed E-state index contributed by atoms with van der Waals surface area (Å²) in [5.74, 6) is 0. The van der Waals surface area contributed by atoms with Gasteiger partial charge >= 0.3 is 0 Å². The summed E-state index contributed by atoms with van der Waals surface area (Å²) >= 11 is 0. The van der Waals surface area contributed by atoms with Gasteiger partial charge in [-0.05, 0) is 12.8 Å². The van der Waals surface area contributed by atoms with Crippen molar-refractivity contribution in [2.24, 2.45) is 11.5 Å². The second kappa shape index (κ2) is 8.84. The highest BCUT2D eigenvalue weighted by Crippen LogP contribution is 1.73. The van der Waals surface area contributed by atoms with Gasteiger partial charge in [0.2, 0.25) is 0 Å². The monoisotopic (exact) mass is 150 g/mol. The van der Waals surface area contributed by atoms with E-state index in [0.717, 1.165) is 0 Å². The highest BCUT2D eigenvalue weighted by Gasteiger charge is 1.81. The molecule has 0 aliphatic carbocycles. The van der Waals surface area contributed by atoms with E-state index in [4.69, 9.17) is 21.7 Å². The lowest BCUT2D eigenvalue weighted by Gasteiger charge is -1.91. The fourth-order valence-electron chi connectivity index (χ4n) is 0. The van der Waals surface area contributed by atoms with Crippen molar-refractivity contribution in [2.75, 3.05) is 0 Å². The molecule has 0 aliphatic heterocycles. The number of hydrogen-bond donors (Lipinski definition) is 4. The van der Waals surface area contributed by atoms with Gasteiger partial charge in [0.05, 0.1) is 0 Å². The summed E-state index contributed by atoms with van der Waals surface area (Å²) in [6.07, 6.45) is 0.0463. The number of aliphatic hydroxyl groups excluding tert-OH is 2. The van der Waals surface area contributed by atoms with Crippen LogP contribution in [0.25, 0.3) is 0 Å². The molecule has 0 bridgehead atoms. The summed E-state index contributed by atoms with van der Waals surface area (Å²) < 4.78 is 0. The first-order valence-corrected chi connectivity index (χ1v) is 3.41. The van der Waals surface area contributed by atoms with E-state index in [0.29, 0.717) is 12.8 Å². The molecule has 0 spiro atoms. The van der Waals surface area contributed by atoms with Gasteiger partial charge in [-0.1, -0.05) is 13.8 Å². The van der Waals surface area contributed by atoms with Crippen LogP contribution in [0.3, 0.4) is 0 Å². The summed E-state index contributed by atoms with van der Waals surface area (Å²) in [5.41, 5.74) is 9.69. The largest absolute Gasteiger partial charge is 0.379 e. The SMILES string of the molecule is CC[C@H](N)O.CC[C@H](N)O. The Labute approximate surface area is 61.8 Å². The quantitative estimate of drug-likeness (QED) is 0.393. The lowest BCUT2D eigenvalue weighted by molar-refractivity contribution is 0.178. The first-order chi connectivity index (χ1) is 4.54. The van der Waals surface area contributed by atoms with Crippen LogP contribution in [-0.2, 0) is 0 Å². The molecule has 4 heteroatoms. The number of aliphatic hydroxyl groups is 2. The molecular weight excluding hydrogens is 132 g/mol. The Bertz CT molecular complexity index is 49.7. The predicted octanol–water partition coefficient (Wildman–Crippen LogP) is -0.653. The van der Waals surface area contributed by atoms with Crippen LogP contribution in [-0.4, -0.2) is 22.7 Å². The van der Waals surface area contributed by atoms with Gasteiger partial charge in [0, 0.05) is 0 Å². The molecule has 0 amide bonds. The third-order valence-electron chi connectivity index (χ3n) is 0.837. The van der Waals surface area contributed by atoms with Crippen LogP contribution in [0.15, 0.2) is 0 Å². The normalized spacial score (nSPS) is 15.0. The zero-order valence-corrected chi connectivity index (χ0v) is 6.62. The zero-order valence-electron chi connectivity index (χ0n) is 6.62. The van der Waals surface area contributed by atoms with Gasteiger partial charge in [-0.3, -0.25) is 0 Å². The molecule has 0 radical (unpaired) electrons. The van der Waals surface area contributed by atoms with Crippen molar-refractivity contribution < 1.29 is 10.2 Å². The van der Waals surface area contributed by atoms with E-state index in [2.05, 4.69) is 0 Å². The Morgan fingerprint density at radius 3 is 1.10 bits per heavy atom. The van der Waals surface area contributed by atoms with Gasteiger partial charge in [0.25, 0.3) is 0 Å². The van der Waals surface area contributed by atoms with Crippen LogP contribution in [0.1, 0.15) is 26.7 Å². The third kappa shape index (κ3) is 24.9. The second-order valence-electron chi connectivity index (χ2n) is 1.95. The molecule has 2 atom stereocenters. The van der Waals surface area contributed by atoms with Gasteiger partial charge in [0.15, 0.2) is 0 Å². The van der Waals surface area contributed by atoms with E-state index >= 15 is 0 Å². The maximum atomic E-state index is 8.14. The Balaban J connectivity index is 0. The molecule has 0 unspecified atom stereocenters. The van der Waals surface area contributed by atoms with Crippen molar-refractivity contribution in [1.82, 2.24) is 0 Å². The molecule has 0 aromatic heterocycles. The molecule has 0 saturated carbocycles. The van der Waals surface area contributed by atoms with Crippen LogP contribution >= 0.6 is 0 Å². The van der Waals surface area contributed by atoms with Crippen molar-refractivity contribution in [2.45, 2.75) is 39.1 Å². The topological polar surface area (TPSA) is 92.5 Å². The van der Waals surface area contributed by atoms with Crippen molar-refractivity contribution in [3.05, 3.63) is 0 Å². The molecule has 0 rings (SSSR count). The Morgan fingerprint density at radius 1 is 1.00 bits per heavy atom. The van der Waals surface area contributed by atoms with Crippen LogP contribution in [0.5, 0.6) is 0 Å². The van der Waals surface area contributed by atoms with E-state index in [9.17, 15) is 0 Å². The summed E-state index contributed by atoms with van der Waals surface area (Å²) in [6.45, 7) is 3.65. The fraction of sp³-hybridized carbons (Fsp3) is 1.00. The summed E-state index contributed by atoms with van der Waals surface area (Å²) in [6, 6.07) is 0. The van der Waals surface area contributed by atoms with E-state index in [1.807, 2.05) is 13.8 Å². The van der Waals surface area contributed by atoms with Crippen molar-refractivity contribution in [3.63, 3.8) is 0 Å². The molecule has 0 aliphatic rings. The summed E-state index contributed by atoms with van der Waals surface area (Å²) in [7, 11) is 0. The number of rotatable bonds is 2. The average Bonchev–Trinajstić information content (AvgIpc) is 1.89. The van der Waals surface area contributed by atoms with Gasteiger partial charge < -0.3 is 21.7 Å². The highest BCUT2D eigenvalue weighted by atomic mass is 16.3. The van der Waals surface area contributed by atoms with E-state index in [-0.39, 0.29) is 0 Å². The first kappa shape index (κ1) is 12.5. The molecular formula is C6H18N2O2. The fourth-order valence-corrected chi connectivity index (χ4v) is 0. The second-order valence-corrected chi connectivity index (χ2v) is 1.95. The van der Waals surface area contributed by atoms with Crippen LogP contribution in [0, 0.1) is 0 Å². The Morgan fingerprint density at radius 2 is 1.10 bits per heavy atom. The van der Waals surface area contributed by atoms with E-state index in [1.165, 1.54) is 0 Å². The van der Waals surface area contributed by atoms with Gasteiger partial charge in [0.1, 0.15) is 12.5 Å². The Kier molecular flexibility index (Phi) is 11.1. The van der Waals surface area contributed by atoms with Gasteiger partial charge in [-0.15, -0.1) is 0 Å². The molecule has 0 aromatic rings. The van der Waals surface area contributed by atoms with Crippen molar-refractivity contribution in [1.29, 1.82) is 0 Å². The maximum absolute atomic E-state index is 8.14. The Hall–Kier alpha value is -0.160. The smallest absolute Gasteiger partial charge is 0.102 e. The maximum Gasteiger partial charge on any atom is 0.102 e.